The molecule has 2 heterocycles. The van der Waals surface area contributed by atoms with Gasteiger partial charge >= 0.3 is 0 Å². The number of hydrogen-bond acceptors (Lipinski definition) is 3. The Morgan fingerprint density at radius 3 is 3.44 bits per heavy atom. The summed E-state index contributed by atoms with van der Waals surface area (Å²) >= 11 is 1.77. The Hall–Kier alpha value is -0.540. The Labute approximate surface area is 57.9 Å². The zero-order valence-corrected chi connectivity index (χ0v) is 5.79. The molecular formula is C6H8N2S. The minimum Gasteiger partial charge on any atom is -0.364 e. The van der Waals surface area contributed by atoms with Crippen molar-refractivity contribution in [3.05, 3.63) is 17.0 Å². The van der Waals surface area contributed by atoms with Crippen LogP contribution in [0.2, 0.25) is 0 Å². The van der Waals surface area contributed by atoms with Crippen molar-refractivity contribution in [3.63, 3.8) is 0 Å². The van der Waals surface area contributed by atoms with Crippen LogP contribution in [0, 0.1) is 0 Å². The summed E-state index contributed by atoms with van der Waals surface area (Å²) in [4.78, 5) is 0. The molecule has 0 radical (unpaired) electrons. The van der Waals surface area contributed by atoms with Gasteiger partial charge in [-0.05, 0) is 11.4 Å². The van der Waals surface area contributed by atoms with Gasteiger partial charge in [0.2, 0.25) is 0 Å². The Morgan fingerprint density at radius 1 is 1.56 bits per heavy atom. The Morgan fingerprint density at radius 2 is 2.56 bits per heavy atom. The Balaban J connectivity index is 2.39. The summed E-state index contributed by atoms with van der Waals surface area (Å²) in [5, 5.41) is 9.92. The maximum atomic E-state index is 3.25. The van der Waals surface area contributed by atoms with Gasteiger partial charge in [0.1, 0.15) is 0 Å². The van der Waals surface area contributed by atoms with E-state index in [0.717, 1.165) is 13.2 Å². The van der Waals surface area contributed by atoms with E-state index in [1.807, 2.05) is 0 Å². The van der Waals surface area contributed by atoms with Crippen molar-refractivity contribution < 1.29 is 0 Å². The second-order valence-corrected chi connectivity index (χ2v) is 2.97. The number of hydrogen-bond donors (Lipinski definition) is 2. The van der Waals surface area contributed by atoms with Crippen LogP contribution in [0.5, 0.6) is 0 Å². The molecule has 0 aliphatic carbocycles. The normalized spacial score (nSPS) is 16.4. The van der Waals surface area contributed by atoms with E-state index in [1.54, 1.807) is 11.3 Å². The second-order valence-electron chi connectivity index (χ2n) is 2.06. The minimum absolute atomic E-state index is 0.910. The van der Waals surface area contributed by atoms with Gasteiger partial charge in [0.05, 0.1) is 11.7 Å². The molecule has 1 aromatic heterocycles. The van der Waals surface area contributed by atoms with Crippen LogP contribution in [0.4, 0.5) is 5.00 Å². The zero-order chi connectivity index (χ0) is 6.10. The van der Waals surface area contributed by atoms with E-state index >= 15 is 0 Å². The molecule has 0 unspecified atom stereocenters. The molecule has 1 aliphatic heterocycles. The quantitative estimate of drug-likeness (QED) is 0.566. The van der Waals surface area contributed by atoms with Crippen molar-refractivity contribution in [3.8, 4) is 0 Å². The van der Waals surface area contributed by atoms with Gasteiger partial charge in [-0.2, -0.15) is 0 Å². The third kappa shape index (κ3) is 0.821. The molecular weight excluding hydrogens is 132 g/mol. The van der Waals surface area contributed by atoms with Crippen molar-refractivity contribution in [2.45, 2.75) is 6.54 Å². The summed E-state index contributed by atoms with van der Waals surface area (Å²) in [6.45, 7) is 1.93. The molecule has 9 heavy (non-hydrogen) atoms. The molecule has 3 heteroatoms. The van der Waals surface area contributed by atoms with Crippen molar-refractivity contribution in [2.24, 2.45) is 0 Å². The van der Waals surface area contributed by atoms with E-state index in [1.165, 1.54) is 10.6 Å². The van der Waals surface area contributed by atoms with Crippen molar-refractivity contribution >= 4 is 16.3 Å². The summed E-state index contributed by atoms with van der Waals surface area (Å²) in [5.74, 6) is 0. The topological polar surface area (TPSA) is 24.1 Å². The van der Waals surface area contributed by atoms with Gasteiger partial charge in [0.15, 0.2) is 0 Å². The number of anilines is 1. The standard InChI is InChI=1S/C6H8N2S/c1-2-9-6-5(1)3-7-4-8-6/h1-2,7-8H,3-4H2. The smallest absolute Gasteiger partial charge is 0.0938 e. The van der Waals surface area contributed by atoms with E-state index < -0.39 is 0 Å². The molecule has 1 aliphatic rings. The molecule has 0 fully saturated rings. The average molecular weight is 140 g/mol. The molecule has 0 amide bonds. The second kappa shape index (κ2) is 2.01. The summed E-state index contributed by atoms with van der Waals surface area (Å²) in [5.41, 5.74) is 1.39. The maximum absolute atomic E-state index is 3.25. The fourth-order valence-electron chi connectivity index (χ4n) is 0.970. The molecule has 0 aromatic carbocycles. The van der Waals surface area contributed by atoms with Gasteiger partial charge in [0.25, 0.3) is 0 Å². The first-order valence-corrected chi connectivity index (χ1v) is 3.86. The first-order valence-electron chi connectivity index (χ1n) is 2.98. The van der Waals surface area contributed by atoms with Crippen LogP contribution in [-0.2, 0) is 6.54 Å². The van der Waals surface area contributed by atoms with Crippen LogP contribution in [0.1, 0.15) is 5.56 Å². The third-order valence-corrected chi connectivity index (χ3v) is 2.35. The lowest BCUT2D eigenvalue weighted by Gasteiger charge is -2.13. The highest BCUT2D eigenvalue weighted by Gasteiger charge is 2.06. The lowest BCUT2D eigenvalue weighted by Crippen LogP contribution is -2.26. The fourth-order valence-corrected chi connectivity index (χ4v) is 1.79. The van der Waals surface area contributed by atoms with Gasteiger partial charge in [-0.15, -0.1) is 11.3 Å². The molecule has 2 N–H and O–H groups in total. The largest absolute Gasteiger partial charge is 0.364 e. The van der Waals surface area contributed by atoms with E-state index in [0.29, 0.717) is 0 Å². The van der Waals surface area contributed by atoms with Crippen molar-refractivity contribution in [1.29, 1.82) is 0 Å². The molecule has 2 rings (SSSR count). The number of nitrogens with one attached hydrogen (secondary N) is 2. The first kappa shape index (κ1) is 5.26. The zero-order valence-electron chi connectivity index (χ0n) is 4.98. The maximum Gasteiger partial charge on any atom is 0.0938 e. The lowest BCUT2D eigenvalue weighted by atomic mass is 10.3. The molecule has 0 atom stereocenters. The Kier molecular flexibility index (Phi) is 1.17. The SMILES string of the molecule is c1cc2c(s1)NCNC2. The summed E-state index contributed by atoms with van der Waals surface area (Å²) < 4.78 is 0. The highest BCUT2D eigenvalue weighted by atomic mass is 32.1. The predicted molar refractivity (Wildman–Crippen MR) is 39.6 cm³/mol. The molecule has 0 saturated carbocycles. The van der Waals surface area contributed by atoms with Crippen LogP contribution < -0.4 is 10.6 Å². The first-order chi connectivity index (χ1) is 4.47. The van der Waals surface area contributed by atoms with Crippen LogP contribution in [0.15, 0.2) is 11.4 Å². The summed E-state index contributed by atoms with van der Waals surface area (Å²) in [6.07, 6.45) is 0. The molecule has 48 valence electrons. The summed E-state index contributed by atoms with van der Waals surface area (Å²) in [6, 6.07) is 2.15. The number of fused-ring (bicyclic) bond motifs is 1. The van der Waals surface area contributed by atoms with E-state index in [4.69, 9.17) is 0 Å². The number of rotatable bonds is 0. The molecule has 0 bridgehead atoms. The van der Waals surface area contributed by atoms with Crippen LogP contribution in [0.25, 0.3) is 0 Å². The van der Waals surface area contributed by atoms with Crippen LogP contribution >= 0.6 is 11.3 Å². The van der Waals surface area contributed by atoms with Gasteiger partial charge in [-0.3, -0.25) is 5.32 Å². The van der Waals surface area contributed by atoms with Gasteiger partial charge < -0.3 is 5.32 Å². The highest BCUT2D eigenvalue weighted by Crippen LogP contribution is 2.24. The van der Waals surface area contributed by atoms with Gasteiger partial charge in [-0.1, -0.05) is 0 Å². The van der Waals surface area contributed by atoms with Crippen LogP contribution in [-0.4, -0.2) is 6.67 Å². The van der Waals surface area contributed by atoms with E-state index in [2.05, 4.69) is 22.1 Å². The minimum atomic E-state index is 0.910. The molecule has 2 nitrogen and oxygen atoms in total. The fraction of sp³-hybridized carbons (Fsp3) is 0.333. The summed E-state index contributed by atoms with van der Waals surface area (Å²) in [7, 11) is 0. The third-order valence-electron chi connectivity index (χ3n) is 1.44. The van der Waals surface area contributed by atoms with Gasteiger partial charge in [0, 0.05) is 12.1 Å². The number of thiophene rings is 1. The van der Waals surface area contributed by atoms with Crippen molar-refractivity contribution in [1.82, 2.24) is 5.32 Å². The van der Waals surface area contributed by atoms with Gasteiger partial charge in [-0.25, -0.2) is 0 Å². The van der Waals surface area contributed by atoms with Crippen molar-refractivity contribution in [2.75, 3.05) is 12.0 Å². The molecule has 1 aromatic rings. The van der Waals surface area contributed by atoms with E-state index in [9.17, 15) is 0 Å². The molecule has 0 saturated heterocycles. The van der Waals surface area contributed by atoms with E-state index in [-0.39, 0.29) is 0 Å². The highest BCUT2D eigenvalue weighted by molar-refractivity contribution is 7.14. The predicted octanol–water partition coefficient (Wildman–Crippen LogP) is 1.22. The lowest BCUT2D eigenvalue weighted by molar-refractivity contribution is 0.714. The monoisotopic (exact) mass is 140 g/mol. The average Bonchev–Trinajstić information content (AvgIpc) is 2.33. The van der Waals surface area contributed by atoms with Crippen LogP contribution in [0.3, 0.4) is 0 Å². The Bertz CT molecular complexity index is 186. The molecule has 0 spiro atoms.